The van der Waals surface area contributed by atoms with E-state index >= 15 is 0 Å². The minimum Gasteiger partial charge on any atom is -0.335 e. The molecule has 2 rings (SSSR count). The Bertz CT molecular complexity index is 442. The van der Waals surface area contributed by atoms with Crippen molar-refractivity contribution in [3.05, 3.63) is 28.0 Å². The van der Waals surface area contributed by atoms with Crippen LogP contribution in [-0.2, 0) is 0 Å². The maximum Gasteiger partial charge on any atom is 0.161 e. The normalized spacial score (nSPS) is 19.3. The van der Waals surface area contributed by atoms with Crippen LogP contribution in [0, 0.1) is 5.82 Å². The second-order valence-electron chi connectivity index (χ2n) is 3.69. The van der Waals surface area contributed by atoms with E-state index in [1.54, 1.807) is 11.8 Å². The standard InChI is InChI=1S/C11H11Cl2FN2S/c1-2-6-5-17-11(15-6)16-7-3-8(12)10(14)9(13)4-7/h3-4,6H,2,5H2,1H3,(H,15,16). The van der Waals surface area contributed by atoms with E-state index in [0.29, 0.717) is 11.7 Å². The SMILES string of the molecule is CCC1CSC(Nc2cc(Cl)c(F)c(Cl)c2)=N1. The van der Waals surface area contributed by atoms with E-state index in [1.165, 1.54) is 12.1 Å². The first-order valence-corrected chi connectivity index (χ1v) is 6.96. The molecular weight excluding hydrogens is 282 g/mol. The summed E-state index contributed by atoms with van der Waals surface area (Å²) in [7, 11) is 0. The van der Waals surface area contributed by atoms with E-state index in [0.717, 1.165) is 17.3 Å². The van der Waals surface area contributed by atoms with Crippen LogP contribution in [0.2, 0.25) is 10.0 Å². The van der Waals surface area contributed by atoms with Gasteiger partial charge in [0.05, 0.1) is 16.1 Å². The third-order valence-corrected chi connectivity index (χ3v) is 4.00. The van der Waals surface area contributed by atoms with Crippen molar-refractivity contribution in [2.45, 2.75) is 19.4 Å². The van der Waals surface area contributed by atoms with Crippen molar-refractivity contribution in [1.82, 2.24) is 0 Å². The Labute approximate surface area is 114 Å². The third-order valence-electron chi connectivity index (χ3n) is 2.42. The summed E-state index contributed by atoms with van der Waals surface area (Å²) in [5.41, 5.74) is 0.657. The Balaban J connectivity index is 2.15. The molecule has 0 bridgehead atoms. The highest BCUT2D eigenvalue weighted by atomic mass is 35.5. The third kappa shape index (κ3) is 3.06. The predicted octanol–water partition coefficient (Wildman–Crippen LogP) is 4.43. The quantitative estimate of drug-likeness (QED) is 0.816. The molecule has 1 aromatic rings. The molecule has 92 valence electrons. The van der Waals surface area contributed by atoms with Gasteiger partial charge in [-0.1, -0.05) is 41.9 Å². The van der Waals surface area contributed by atoms with Crippen molar-refractivity contribution in [1.29, 1.82) is 0 Å². The minimum atomic E-state index is -0.591. The van der Waals surface area contributed by atoms with E-state index in [2.05, 4.69) is 17.2 Å². The summed E-state index contributed by atoms with van der Waals surface area (Å²) in [6, 6.07) is 3.37. The second-order valence-corrected chi connectivity index (χ2v) is 5.51. The van der Waals surface area contributed by atoms with Gasteiger partial charge in [0.2, 0.25) is 0 Å². The predicted molar refractivity (Wildman–Crippen MR) is 74.0 cm³/mol. The number of anilines is 1. The number of nitrogens with zero attached hydrogens (tertiary/aromatic N) is 1. The lowest BCUT2D eigenvalue weighted by Crippen LogP contribution is -2.05. The largest absolute Gasteiger partial charge is 0.335 e. The van der Waals surface area contributed by atoms with Crippen molar-refractivity contribution >= 4 is 45.8 Å². The number of thioether (sulfide) groups is 1. The van der Waals surface area contributed by atoms with E-state index < -0.39 is 5.82 Å². The summed E-state index contributed by atoms with van der Waals surface area (Å²) in [6.07, 6.45) is 1.02. The molecular formula is C11H11Cl2FN2S. The number of nitrogens with one attached hydrogen (secondary N) is 1. The van der Waals surface area contributed by atoms with Crippen molar-refractivity contribution in [3.8, 4) is 0 Å². The Morgan fingerprint density at radius 3 is 2.65 bits per heavy atom. The maximum atomic E-state index is 13.2. The van der Waals surface area contributed by atoms with Crippen molar-refractivity contribution in [3.63, 3.8) is 0 Å². The number of hydrogen-bond acceptors (Lipinski definition) is 3. The zero-order chi connectivity index (χ0) is 12.4. The van der Waals surface area contributed by atoms with E-state index in [4.69, 9.17) is 23.2 Å². The van der Waals surface area contributed by atoms with E-state index in [-0.39, 0.29) is 10.0 Å². The highest BCUT2D eigenvalue weighted by Gasteiger charge is 2.17. The molecule has 0 spiro atoms. The van der Waals surface area contributed by atoms with Gasteiger partial charge < -0.3 is 5.32 Å². The second kappa shape index (κ2) is 5.46. The van der Waals surface area contributed by atoms with E-state index in [9.17, 15) is 4.39 Å². The van der Waals surface area contributed by atoms with Gasteiger partial charge >= 0.3 is 0 Å². The summed E-state index contributed by atoms with van der Waals surface area (Å²) in [5.74, 6) is 0.382. The van der Waals surface area contributed by atoms with Gasteiger partial charge in [0, 0.05) is 11.4 Å². The molecule has 6 heteroatoms. The lowest BCUT2D eigenvalue weighted by atomic mass is 10.3. The molecule has 1 aliphatic heterocycles. The number of halogens is 3. The first-order valence-electron chi connectivity index (χ1n) is 5.22. The summed E-state index contributed by atoms with van der Waals surface area (Å²) in [5, 5.41) is 3.94. The molecule has 0 fully saturated rings. The number of aliphatic imine (C=N–C) groups is 1. The number of amidine groups is 1. The number of hydrogen-bond donors (Lipinski definition) is 1. The molecule has 1 N–H and O–H groups in total. The topological polar surface area (TPSA) is 24.4 Å². The van der Waals surface area contributed by atoms with Gasteiger partial charge in [0.25, 0.3) is 0 Å². The highest BCUT2D eigenvalue weighted by molar-refractivity contribution is 8.14. The van der Waals surface area contributed by atoms with Crippen LogP contribution in [0.4, 0.5) is 10.1 Å². The molecule has 0 amide bonds. The molecule has 0 aliphatic carbocycles. The maximum absolute atomic E-state index is 13.2. The monoisotopic (exact) mass is 292 g/mol. The summed E-state index contributed by atoms with van der Waals surface area (Å²) < 4.78 is 13.2. The molecule has 1 heterocycles. The zero-order valence-corrected chi connectivity index (χ0v) is 11.5. The molecule has 0 saturated carbocycles. The van der Waals surface area contributed by atoms with Gasteiger partial charge in [-0.3, -0.25) is 4.99 Å². The minimum absolute atomic E-state index is 0.00985. The Kier molecular flexibility index (Phi) is 4.17. The first kappa shape index (κ1) is 13.0. The molecule has 1 atom stereocenters. The summed E-state index contributed by atoms with van der Waals surface area (Å²) in [6.45, 7) is 2.10. The van der Waals surface area contributed by atoms with Gasteiger partial charge in [-0.2, -0.15) is 0 Å². The van der Waals surface area contributed by atoms with Gasteiger partial charge in [0.1, 0.15) is 0 Å². The van der Waals surface area contributed by atoms with Gasteiger partial charge in [-0.25, -0.2) is 4.39 Å². The van der Waals surface area contributed by atoms with Crippen LogP contribution < -0.4 is 5.32 Å². The van der Waals surface area contributed by atoms with Crippen LogP contribution in [0.1, 0.15) is 13.3 Å². The smallest absolute Gasteiger partial charge is 0.161 e. The molecule has 1 aromatic carbocycles. The van der Waals surface area contributed by atoms with Crippen molar-refractivity contribution in [2.24, 2.45) is 4.99 Å². The fourth-order valence-electron chi connectivity index (χ4n) is 1.44. The van der Waals surface area contributed by atoms with Crippen LogP contribution in [0.15, 0.2) is 17.1 Å². The Morgan fingerprint density at radius 2 is 2.12 bits per heavy atom. The zero-order valence-electron chi connectivity index (χ0n) is 9.14. The molecule has 1 unspecified atom stereocenters. The van der Waals surface area contributed by atoms with Crippen molar-refractivity contribution in [2.75, 3.05) is 11.1 Å². The Morgan fingerprint density at radius 1 is 1.47 bits per heavy atom. The van der Waals surface area contributed by atoms with Gasteiger partial charge in [0.15, 0.2) is 11.0 Å². The molecule has 0 aromatic heterocycles. The fraction of sp³-hybridized carbons (Fsp3) is 0.364. The van der Waals surface area contributed by atoms with Crippen LogP contribution in [0.5, 0.6) is 0 Å². The first-order chi connectivity index (χ1) is 8.10. The molecule has 0 saturated heterocycles. The van der Waals surface area contributed by atoms with Gasteiger partial charge in [-0.15, -0.1) is 0 Å². The molecule has 17 heavy (non-hydrogen) atoms. The number of benzene rings is 1. The average molecular weight is 293 g/mol. The van der Waals surface area contributed by atoms with Crippen LogP contribution in [0.25, 0.3) is 0 Å². The average Bonchev–Trinajstić information content (AvgIpc) is 2.73. The molecule has 0 radical (unpaired) electrons. The summed E-state index contributed by atoms with van der Waals surface area (Å²) >= 11 is 13.1. The highest BCUT2D eigenvalue weighted by Crippen LogP contribution is 2.29. The number of rotatable bonds is 2. The van der Waals surface area contributed by atoms with Crippen molar-refractivity contribution < 1.29 is 4.39 Å². The van der Waals surface area contributed by atoms with Crippen LogP contribution in [-0.4, -0.2) is 17.0 Å². The van der Waals surface area contributed by atoms with Crippen LogP contribution >= 0.6 is 35.0 Å². The van der Waals surface area contributed by atoms with E-state index in [1.807, 2.05) is 0 Å². The molecule has 2 nitrogen and oxygen atoms in total. The molecule has 1 aliphatic rings. The summed E-state index contributed by atoms with van der Waals surface area (Å²) in [4.78, 5) is 4.47. The lowest BCUT2D eigenvalue weighted by Gasteiger charge is -2.07. The van der Waals surface area contributed by atoms with Crippen LogP contribution in [0.3, 0.4) is 0 Å². The van der Waals surface area contributed by atoms with Gasteiger partial charge in [-0.05, 0) is 18.6 Å². The lowest BCUT2D eigenvalue weighted by molar-refractivity contribution is 0.629. The Hall–Kier alpha value is -0.450. The fourth-order valence-corrected chi connectivity index (χ4v) is 3.01.